The summed E-state index contributed by atoms with van der Waals surface area (Å²) in [7, 11) is 3.05. The molecule has 0 aliphatic rings. The number of methoxy groups -OCH3 is 2. The summed E-state index contributed by atoms with van der Waals surface area (Å²) >= 11 is 0. The van der Waals surface area contributed by atoms with Crippen molar-refractivity contribution >= 4 is 11.6 Å². The Balaban J connectivity index is 1.75. The average Bonchev–Trinajstić information content (AvgIpc) is 2.79. The molecule has 6 heteroatoms. The van der Waals surface area contributed by atoms with Gasteiger partial charge in [0.05, 0.1) is 19.9 Å². The summed E-state index contributed by atoms with van der Waals surface area (Å²) in [5, 5.41) is 4.34. The highest BCUT2D eigenvalue weighted by Gasteiger charge is 2.13. The van der Waals surface area contributed by atoms with Crippen LogP contribution in [0.15, 0.2) is 84.0 Å². The molecule has 0 saturated heterocycles. The fraction of sp³-hybridized carbons (Fsp3) is 0.130. The second-order valence-corrected chi connectivity index (χ2v) is 6.01. The van der Waals surface area contributed by atoms with Gasteiger partial charge in [-0.3, -0.25) is 4.79 Å². The van der Waals surface area contributed by atoms with Crippen molar-refractivity contribution in [1.29, 1.82) is 0 Å². The Labute approximate surface area is 169 Å². The normalized spacial score (nSPS) is 10.0. The maximum atomic E-state index is 12.4. The highest BCUT2D eigenvalue weighted by atomic mass is 16.5. The van der Waals surface area contributed by atoms with Crippen LogP contribution in [0.3, 0.4) is 0 Å². The van der Waals surface area contributed by atoms with Crippen molar-refractivity contribution in [2.75, 3.05) is 20.8 Å². The lowest BCUT2D eigenvalue weighted by atomic mass is 10.0. The molecule has 0 heterocycles. The molecule has 0 unspecified atom stereocenters. The van der Waals surface area contributed by atoms with E-state index in [0.717, 1.165) is 11.1 Å². The molecule has 0 aliphatic carbocycles. The fourth-order valence-electron chi connectivity index (χ4n) is 2.74. The van der Waals surface area contributed by atoms with Gasteiger partial charge in [-0.25, -0.2) is 5.43 Å². The van der Waals surface area contributed by atoms with Crippen molar-refractivity contribution in [1.82, 2.24) is 5.43 Å². The molecule has 0 aliphatic heterocycles. The van der Waals surface area contributed by atoms with Crippen LogP contribution in [0.5, 0.6) is 17.2 Å². The van der Waals surface area contributed by atoms with Crippen LogP contribution in [0.4, 0.5) is 0 Å². The van der Waals surface area contributed by atoms with Crippen molar-refractivity contribution in [2.45, 2.75) is 0 Å². The Hall–Kier alpha value is -3.80. The van der Waals surface area contributed by atoms with Crippen molar-refractivity contribution in [3.8, 4) is 17.2 Å². The predicted molar refractivity (Wildman–Crippen MR) is 112 cm³/mol. The number of hydrogen-bond donors (Lipinski definition) is 1. The first kappa shape index (κ1) is 19.9. The quantitative estimate of drug-likeness (QED) is 0.471. The van der Waals surface area contributed by atoms with Crippen LogP contribution in [-0.2, 0) is 4.79 Å². The Kier molecular flexibility index (Phi) is 6.84. The molecule has 0 fully saturated rings. The molecule has 3 rings (SSSR count). The van der Waals surface area contributed by atoms with Gasteiger partial charge >= 0.3 is 0 Å². The third-order valence-corrected chi connectivity index (χ3v) is 4.12. The van der Waals surface area contributed by atoms with E-state index in [1.807, 2.05) is 60.7 Å². The zero-order valence-electron chi connectivity index (χ0n) is 16.3. The number of rotatable bonds is 8. The van der Waals surface area contributed by atoms with Gasteiger partial charge in [0, 0.05) is 11.1 Å². The highest BCUT2D eigenvalue weighted by Crippen LogP contribution is 2.36. The number of carbonyl (C=O) groups excluding carboxylic acids is 1. The molecule has 3 aromatic carbocycles. The number of ether oxygens (including phenoxy) is 3. The molecule has 0 bridgehead atoms. The Morgan fingerprint density at radius 1 is 0.793 bits per heavy atom. The van der Waals surface area contributed by atoms with Gasteiger partial charge in [0.2, 0.25) is 5.75 Å². The van der Waals surface area contributed by atoms with E-state index < -0.39 is 5.91 Å². The van der Waals surface area contributed by atoms with Crippen LogP contribution in [0.1, 0.15) is 11.1 Å². The largest absolute Gasteiger partial charge is 0.493 e. The summed E-state index contributed by atoms with van der Waals surface area (Å²) in [4.78, 5) is 12.4. The van der Waals surface area contributed by atoms with E-state index in [-0.39, 0.29) is 6.61 Å². The minimum atomic E-state index is -0.401. The first-order chi connectivity index (χ1) is 14.2. The molecule has 6 nitrogen and oxygen atoms in total. The highest BCUT2D eigenvalue weighted by molar-refractivity contribution is 6.13. The molecule has 148 valence electrons. The molecular weight excluding hydrogens is 368 g/mol. The number of nitrogens with zero attached hydrogens (tertiary/aromatic N) is 1. The van der Waals surface area contributed by atoms with Gasteiger partial charge in [-0.15, -0.1) is 0 Å². The van der Waals surface area contributed by atoms with Crippen LogP contribution in [0, 0.1) is 0 Å². The van der Waals surface area contributed by atoms with Gasteiger partial charge in [-0.2, -0.15) is 5.10 Å². The Morgan fingerprint density at radius 2 is 1.31 bits per heavy atom. The molecule has 0 atom stereocenters. The third kappa shape index (κ3) is 5.13. The van der Waals surface area contributed by atoms with E-state index in [1.165, 1.54) is 14.2 Å². The predicted octanol–water partition coefficient (Wildman–Crippen LogP) is 3.65. The van der Waals surface area contributed by atoms with Gasteiger partial charge in [0.1, 0.15) is 0 Å². The van der Waals surface area contributed by atoms with Crippen LogP contribution >= 0.6 is 0 Å². The van der Waals surface area contributed by atoms with Gasteiger partial charge in [0.25, 0.3) is 5.91 Å². The van der Waals surface area contributed by atoms with Crippen molar-refractivity contribution < 1.29 is 19.0 Å². The second-order valence-electron chi connectivity index (χ2n) is 6.01. The lowest BCUT2D eigenvalue weighted by molar-refractivity contribution is -0.123. The molecule has 0 spiro atoms. The van der Waals surface area contributed by atoms with E-state index >= 15 is 0 Å². The van der Waals surface area contributed by atoms with Crippen LogP contribution < -0.4 is 19.6 Å². The number of amides is 1. The smallest absolute Gasteiger partial charge is 0.277 e. The van der Waals surface area contributed by atoms with Gasteiger partial charge in [0.15, 0.2) is 18.1 Å². The van der Waals surface area contributed by atoms with Crippen LogP contribution in [0.25, 0.3) is 0 Å². The molecule has 0 saturated carbocycles. The van der Waals surface area contributed by atoms with Gasteiger partial charge < -0.3 is 14.2 Å². The molecule has 0 aromatic heterocycles. The standard InChI is InChI=1S/C23H22N2O4/c1-27-19-14-9-15-20(28-2)23(19)29-16-21(26)24-25-22(17-10-5-3-6-11-17)18-12-7-4-8-13-18/h3-15H,16H2,1-2H3,(H,24,26). The SMILES string of the molecule is COc1cccc(OC)c1OCC(=O)NN=C(c1ccccc1)c1ccccc1. The maximum absolute atomic E-state index is 12.4. The first-order valence-corrected chi connectivity index (χ1v) is 9.04. The molecule has 1 amide bonds. The summed E-state index contributed by atoms with van der Waals surface area (Å²) in [5.41, 5.74) is 5.02. The average molecular weight is 390 g/mol. The maximum Gasteiger partial charge on any atom is 0.277 e. The summed E-state index contributed by atoms with van der Waals surface area (Å²) in [6.07, 6.45) is 0. The lowest BCUT2D eigenvalue weighted by Gasteiger charge is -2.13. The van der Waals surface area contributed by atoms with Gasteiger partial charge in [-0.1, -0.05) is 66.7 Å². The summed E-state index contributed by atoms with van der Waals surface area (Å²) in [6.45, 7) is -0.239. The molecule has 3 aromatic rings. The number of benzene rings is 3. The van der Waals surface area contributed by atoms with E-state index in [0.29, 0.717) is 23.0 Å². The van der Waals surface area contributed by atoms with Crippen LogP contribution in [0.2, 0.25) is 0 Å². The molecule has 1 N–H and O–H groups in total. The topological polar surface area (TPSA) is 69.2 Å². The zero-order chi connectivity index (χ0) is 20.5. The second kappa shape index (κ2) is 9.94. The monoisotopic (exact) mass is 390 g/mol. The lowest BCUT2D eigenvalue weighted by Crippen LogP contribution is -2.26. The third-order valence-electron chi connectivity index (χ3n) is 4.12. The summed E-state index contributed by atoms with van der Waals surface area (Å²) in [6, 6.07) is 24.6. The molecule has 0 radical (unpaired) electrons. The van der Waals surface area contributed by atoms with Gasteiger partial charge in [-0.05, 0) is 12.1 Å². The minimum Gasteiger partial charge on any atom is -0.493 e. The number of carbonyl (C=O) groups is 1. The first-order valence-electron chi connectivity index (χ1n) is 9.04. The minimum absolute atomic E-state index is 0.239. The zero-order valence-corrected chi connectivity index (χ0v) is 16.3. The Bertz CT molecular complexity index is 909. The van der Waals surface area contributed by atoms with E-state index in [2.05, 4.69) is 10.5 Å². The number of hydrogen-bond acceptors (Lipinski definition) is 5. The number of nitrogens with one attached hydrogen (secondary N) is 1. The number of para-hydroxylation sites is 1. The fourth-order valence-corrected chi connectivity index (χ4v) is 2.74. The molecule has 29 heavy (non-hydrogen) atoms. The van der Waals surface area contributed by atoms with Crippen molar-refractivity contribution in [3.63, 3.8) is 0 Å². The summed E-state index contributed by atoms with van der Waals surface area (Å²) in [5.74, 6) is 0.926. The Morgan fingerprint density at radius 3 is 1.79 bits per heavy atom. The van der Waals surface area contributed by atoms with Crippen LogP contribution in [-0.4, -0.2) is 32.4 Å². The summed E-state index contributed by atoms with van der Waals surface area (Å²) < 4.78 is 16.2. The molecular formula is C23H22N2O4. The number of hydrazone groups is 1. The van der Waals surface area contributed by atoms with E-state index in [9.17, 15) is 4.79 Å². The van der Waals surface area contributed by atoms with E-state index in [4.69, 9.17) is 14.2 Å². The van der Waals surface area contributed by atoms with Crippen molar-refractivity contribution in [2.24, 2.45) is 5.10 Å². The van der Waals surface area contributed by atoms with E-state index in [1.54, 1.807) is 18.2 Å². The van der Waals surface area contributed by atoms with Crippen molar-refractivity contribution in [3.05, 3.63) is 90.0 Å².